The van der Waals surface area contributed by atoms with Crippen LogP contribution in [0.15, 0.2) is 22.7 Å². The van der Waals surface area contributed by atoms with E-state index < -0.39 is 0 Å². The fourth-order valence-electron chi connectivity index (χ4n) is 1.72. The molecule has 0 fully saturated rings. The van der Waals surface area contributed by atoms with Gasteiger partial charge in [0.1, 0.15) is 0 Å². The van der Waals surface area contributed by atoms with Crippen LogP contribution >= 0.6 is 28.3 Å². The Morgan fingerprint density at radius 1 is 1.42 bits per heavy atom. The van der Waals surface area contributed by atoms with E-state index in [9.17, 15) is 4.79 Å². The third-order valence-electron chi connectivity index (χ3n) is 2.98. The van der Waals surface area contributed by atoms with E-state index in [4.69, 9.17) is 5.73 Å². The molecule has 0 saturated carbocycles. The molecule has 0 bridgehead atoms. The van der Waals surface area contributed by atoms with Crippen LogP contribution in [0.4, 0.5) is 0 Å². The molecule has 0 aliphatic carbocycles. The monoisotopic (exact) mass is 348 g/mol. The largest absolute Gasteiger partial charge is 0.341 e. The Labute approximate surface area is 130 Å². The number of benzene rings is 1. The molecule has 0 heterocycles. The molecule has 19 heavy (non-hydrogen) atoms. The lowest BCUT2D eigenvalue weighted by Crippen LogP contribution is -2.39. The van der Waals surface area contributed by atoms with E-state index in [1.54, 1.807) is 4.90 Å². The highest BCUT2D eigenvalue weighted by Crippen LogP contribution is 2.20. The second-order valence-corrected chi connectivity index (χ2v) is 6.35. The smallest absolute Gasteiger partial charge is 0.253 e. The van der Waals surface area contributed by atoms with Gasteiger partial charge in [0.25, 0.3) is 5.91 Å². The molecular weight excluding hydrogens is 328 g/mol. The minimum absolute atomic E-state index is 0. The number of nitrogens with two attached hydrogens (primary N) is 1. The van der Waals surface area contributed by atoms with E-state index in [2.05, 4.69) is 29.8 Å². The summed E-state index contributed by atoms with van der Waals surface area (Å²) in [6.45, 7) is 7.32. The van der Waals surface area contributed by atoms with E-state index >= 15 is 0 Å². The van der Waals surface area contributed by atoms with Crippen LogP contribution < -0.4 is 5.73 Å². The number of nitrogens with zero attached hydrogens (tertiary/aromatic N) is 1. The van der Waals surface area contributed by atoms with E-state index in [0.717, 1.165) is 10.0 Å². The summed E-state index contributed by atoms with van der Waals surface area (Å²) in [5, 5.41) is 0. The molecular formula is C14H22BrClN2O. The molecule has 0 atom stereocenters. The first-order chi connectivity index (χ1) is 8.26. The zero-order valence-corrected chi connectivity index (χ0v) is 14.3. The molecule has 0 saturated heterocycles. The lowest BCUT2D eigenvalue weighted by molar-refractivity contribution is 0.0740. The van der Waals surface area contributed by atoms with Crippen LogP contribution in [0.1, 0.15) is 29.8 Å². The summed E-state index contributed by atoms with van der Waals surface area (Å²) in [6, 6.07) is 5.66. The number of amides is 1. The fourth-order valence-corrected chi connectivity index (χ4v) is 2.10. The zero-order chi connectivity index (χ0) is 13.9. The Morgan fingerprint density at radius 2 is 2.00 bits per heavy atom. The van der Waals surface area contributed by atoms with Crippen molar-refractivity contribution in [2.24, 2.45) is 11.1 Å². The normalized spacial score (nSPS) is 10.8. The molecule has 0 unspecified atom stereocenters. The van der Waals surface area contributed by atoms with Gasteiger partial charge in [-0.1, -0.05) is 35.8 Å². The van der Waals surface area contributed by atoms with Gasteiger partial charge in [-0.3, -0.25) is 4.79 Å². The van der Waals surface area contributed by atoms with E-state index in [0.29, 0.717) is 18.7 Å². The van der Waals surface area contributed by atoms with E-state index in [-0.39, 0.29) is 23.7 Å². The van der Waals surface area contributed by atoms with Gasteiger partial charge in [-0.2, -0.15) is 0 Å². The molecule has 0 spiro atoms. The van der Waals surface area contributed by atoms with Gasteiger partial charge in [-0.05, 0) is 36.6 Å². The summed E-state index contributed by atoms with van der Waals surface area (Å²) < 4.78 is 0.958. The third-order valence-corrected chi connectivity index (χ3v) is 3.84. The number of rotatable bonds is 4. The molecule has 0 aliphatic rings. The fraction of sp³-hybridized carbons (Fsp3) is 0.500. The molecule has 1 rings (SSSR count). The molecule has 1 aromatic rings. The summed E-state index contributed by atoms with van der Waals surface area (Å²) >= 11 is 3.45. The van der Waals surface area contributed by atoms with Crippen molar-refractivity contribution < 1.29 is 4.79 Å². The number of aryl methyl sites for hydroxylation is 1. The standard InChI is InChI=1S/C14H21BrN2O.ClH/c1-10-5-6-11(7-12(10)15)13(18)17(4)9-14(2,3)8-16;/h5-7H,8-9,16H2,1-4H3;1H. The quantitative estimate of drug-likeness (QED) is 0.907. The second-order valence-electron chi connectivity index (χ2n) is 5.49. The van der Waals surface area contributed by atoms with Crippen molar-refractivity contribution in [1.82, 2.24) is 4.90 Å². The Kier molecular flexibility index (Phi) is 7.05. The molecule has 0 aromatic heterocycles. The van der Waals surface area contributed by atoms with Gasteiger partial charge in [-0.25, -0.2) is 0 Å². The van der Waals surface area contributed by atoms with Crippen LogP contribution in [-0.2, 0) is 0 Å². The van der Waals surface area contributed by atoms with Crippen molar-refractivity contribution >= 4 is 34.2 Å². The molecule has 1 aromatic carbocycles. The number of hydrogen-bond donors (Lipinski definition) is 1. The maximum absolute atomic E-state index is 12.3. The lowest BCUT2D eigenvalue weighted by Gasteiger charge is -2.29. The van der Waals surface area contributed by atoms with Gasteiger partial charge in [-0.15, -0.1) is 12.4 Å². The predicted octanol–water partition coefficient (Wildman–Crippen LogP) is 3.24. The minimum Gasteiger partial charge on any atom is -0.341 e. The first kappa shape index (κ1) is 18.4. The maximum Gasteiger partial charge on any atom is 0.253 e. The lowest BCUT2D eigenvalue weighted by atomic mass is 9.93. The van der Waals surface area contributed by atoms with Crippen LogP contribution in [-0.4, -0.2) is 30.9 Å². The van der Waals surface area contributed by atoms with Crippen LogP contribution in [0.5, 0.6) is 0 Å². The van der Waals surface area contributed by atoms with Gasteiger partial charge in [0.15, 0.2) is 0 Å². The summed E-state index contributed by atoms with van der Waals surface area (Å²) in [4.78, 5) is 14.0. The minimum atomic E-state index is -0.0632. The summed E-state index contributed by atoms with van der Waals surface area (Å²) in [5.74, 6) is 0.0252. The molecule has 1 amide bonds. The average molecular weight is 350 g/mol. The third kappa shape index (κ3) is 5.13. The number of hydrogen-bond acceptors (Lipinski definition) is 2. The van der Waals surface area contributed by atoms with Gasteiger partial charge in [0.2, 0.25) is 0 Å². The van der Waals surface area contributed by atoms with Gasteiger partial charge in [0.05, 0.1) is 0 Å². The van der Waals surface area contributed by atoms with Crippen molar-refractivity contribution in [3.05, 3.63) is 33.8 Å². The summed E-state index contributed by atoms with van der Waals surface area (Å²) in [6.07, 6.45) is 0. The molecule has 108 valence electrons. The first-order valence-corrected chi connectivity index (χ1v) is 6.78. The van der Waals surface area contributed by atoms with Crippen LogP contribution in [0.2, 0.25) is 0 Å². The highest BCUT2D eigenvalue weighted by molar-refractivity contribution is 9.10. The van der Waals surface area contributed by atoms with Crippen molar-refractivity contribution in [1.29, 1.82) is 0 Å². The number of carbonyl (C=O) groups is 1. The van der Waals surface area contributed by atoms with Crippen molar-refractivity contribution in [3.63, 3.8) is 0 Å². The highest BCUT2D eigenvalue weighted by Gasteiger charge is 2.22. The van der Waals surface area contributed by atoms with Gasteiger partial charge in [0, 0.05) is 23.6 Å². The van der Waals surface area contributed by atoms with Crippen molar-refractivity contribution in [3.8, 4) is 0 Å². The van der Waals surface area contributed by atoms with E-state index in [1.165, 1.54) is 0 Å². The molecule has 5 heteroatoms. The molecule has 0 radical (unpaired) electrons. The molecule has 3 nitrogen and oxygen atoms in total. The average Bonchev–Trinajstić information content (AvgIpc) is 2.31. The Morgan fingerprint density at radius 3 is 2.47 bits per heavy atom. The Hall–Kier alpha value is -0.580. The maximum atomic E-state index is 12.3. The zero-order valence-electron chi connectivity index (χ0n) is 11.9. The van der Waals surface area contributed by atoms with Crippen LogP contribution in [0, 0.1) is 12.3 Å². The molecule has 2 N–H and O–H groups in total. The number of halogens is 2. The summed E-state index contributed by atoms with van der Waals surface area (Å²) in [7, 11) is 1.81. The Balaban J connectivity index is 0.00000324. The number of carbonyl (C=O) groups excluding carboxylic acids is 1. The highest BCUT2D eigenvalue weighted by atomic mass is 79.9. The Bertz CT molecular complexity index is 449. The second kappa shape index (κ2) is 7.27. The summed E-state index contributed by atoms with van der Waals surface area (Å²) in [5.41, 5.74) is 7.45. The van der Waals surface area contributed by atoms with Crippen molar-refractivity contribution in [2.75, 3.05) is 20.1 Å². The van der Waals surface area contributed by atoms with Gasteiger partial charge < -0.3 is 10.6 Å². The van der Waals surface area contributed by atoms with Crippen LogP contribution in [0.3, 0.4) is 0 Å². The predicted molar refractivity (Wildman–Crippen MR) is 85.9 cm³/mol. The topological polar surface area (TPSA) is 46.3 Å². The van der Waals surface area contributed by atoms with E-state index in [1.807, 2.05) is 32.2 Å². The first-order valence-electron chi connectivity index (χ1n) is 5.98. The SMILES string of the molecule is Cc1ccc(C(=O)N(C)CC(C)(C)CN)cc1Br.Cl. The van der Waals surface area contributed by atoms with Crippen LogP contribution in [0.25, 0.3) is 0 Å². The molecule has 0 aliphatic heterocycles. The van der Waals surface area contributed by atoms with Gasteiger partial charge >= 0.3 is 0 Å². The van der Waals surface area contributed by atoms with Crippen molar-refractivity contribution in [2.45, 2.75) is 20.8 Å².